The fraction of sp³-hybridized carbons (Fsp3) is 0.548. The van der Waals surface area contributed by atoms with Crippen molar-refractivity contribution in [1.82, 2.24) is 29.6 Å². The van der Waals surface area contributed by atoms with Gasteiger partial charge in [0.15, 0.2) is 11.2 Å². The van der Waals surface area contributed by atoms with Crippen LogP contribution in [0, 0.1) is 0 Å². The third-order valence-corrected chi connectivity index (χ3v) is 9.61. The number of nitrogens with zero attached hydrogens (tertiary/aromatic N) is 6. The van der Waals surface area contributed by atoms with Crippen LogP contribution in [-0.2, 0) is 57.5 Å². The number of oxazole rings is 1. The van der Waals surface area contributed by atoms with Gasteiger partial charge in [-0.1, -0.05) is 25.1 Å². The van der Waals surface area contributed by atoms with E-state index in [1.807, 2.05) is 41.6 Å². The molecular formula is C42H58N8O9. The number of aromatic nitrogens is 5. The van der Waals surface area contributed by atoms with Crippen LogP contribution in [0.3, 0.4) is 0 Å². The lowest BCUT2D eigenvalue weighted by Crippen LogP contribution is -2.36. The molecule has 320 valence electrons. The topological polar surface area (TPSA) is 193 Å². The molecule has 2 aromatic carbocycles. The smallest absolute Gasteiger partial charge is 0.297 e. The number of hydrogen-bond acceptors (Lipinski definition) is 15. The number of hydrogen-bond donors (Lipinski definition) is 2. The van der Waals surface area contributed by atoms with Crippen molar-refractivity contribution in [2.24, 2.45) is 0 Å². The summed E-state index contributed by atoms with van der Waals surface area (Å²) in [4.78, 5) is 28.3. The molecule has 1 aliphatic heterocycles. The van der Waals surface area contributed by atoms with E-state index in [0.717, 1.165) is 36.1 Å². The minimum absolute atomic E-state index is 0.0984. The Bertz CT molecular complexity index is 2060. The van der Waals surface area contributed by atoms with E-state index >= 15 is 0 Å². The summed E-state index contributed by atoms with van der Waals surface area (Å²) < 4.78 is 46.5. The predicted molar refractivity (Wildman–Crippen MR) is 222 cm³/mol. The van der Waals surface area contributed by atoms with Crippen molar-refractivity contribution in [1.29, 1.82) is 0 Å². The van der Waals surface area contributed by atoms with Crippen LogP contribution in [0.5, 0.6) is 0 Å². The van der Waals surface area contributed by atoms with Crippen LogP contribution in [0.25, 0.3) is 33.4 Å². The van der Waals surface area contributed by atoms with Gasteiger partial charge in [-0.05, 0) is 61.6 Å². The lowest BCUT2D eigenvalue weighted by Gasteiger charge is -2.29. The Labute approximate surface area is 344 Å². The van der Waals surface area contributed by atoms with E-state index < -0.39 is 0 Å². The van der Waals surface area contributed by atoms with Crippen molar-refractivity contribution in [3.8, 4) is 11.3 Å². The Kier molecular flexibility index (Phi) is 17.2. The van der Waals surface area contributed by atoms with E-state index in [9.17, 15) is 4.79 Å². The zero-order chi connectivity index (χ0) is 41.2. The SMILES string of the molecule is CCCOCCOCCOCCOCCOC(C)Nc1nc2cc(-c3nn(Cc4ccc5c(c4)CCN(C(=O)CCOCCOCC)C5)c4ncnc(N)c34)ccc2o1. The van der Waals surface area contributed by atoms with Gasteiger partial charge in [0.05, 0.1) is 91.0 Å². The van der Waals surface area contributed by atoms with Crippen LogP contribution < -0.4 is 11.1 Å². The number of benzene rings is 2. The zero-order valence-electron chi connectivity index (χ0n) is 34.5. The number of nitrogens with one attached hydrogen (secondary N) is 1. The summed E-state index contributed by atoms with van der Waals surface area (Å²) in [5.41, 5.74) is 13.2. The number of ether oxygens (including phenoxy) is 7. The van der Waals surface area contributed by atoms with Crippen LogP contribution >= 0.6 is 0 Å². The molecule has 1 aliphatic rings. The van der Waals surface area contributed by atoms with Crippen molar-refractivity contribution < 1.29 is 42.4 Å². The minimum atomic E-state index is -0.372. The highest BCUT2D eigenvalue weighted by molar-refractivity contribution is 5.99. The molecule has 0 bridgehead atoms. The van der Waals surface area contributed by atoms with Crippen LogP contribution in [0.15, 0.2) is 47.1 Å². The first-order chi connectivity index (χ1) is 28.9. The molecule has 6 rings (SSSR count). The second-order valence-corrected chi connectivity index (χ2v) is 14.0. The minimum Gasteiger partial charge on any atom is -0.424 e. The number of carbonyl (C=O) groups excluding carboxylic acids is 1. The monoisotopic (exact) mass is 818 g/mol. The Morgan fingerprint density at radius 3 is 2.31 bits per heavy atom. The van der Waals surface area contributed by atoms with Gasteiger partial charge in [-0.3, -0.25) is 4.79 Å². The highest BCUT2D eigenvalue weighted by Crippen LogP contribution is 2.33. The fourth-order valence-corrected chi connectivity index (χ4v) is 6.66. The maximum absolute atomic E-state index is 12.9. The Hall–Kier alpha value is -4.75. The molecule has 17 heteroatoms. The van der Waals surface area contributed by atoms with E-state index in [0.29, 0.717) is 145 Å². The standard InChI is InChI=1S/C42H58N8O9/c1-4-13-53-17-18-55-19-20-56-21-22-57-23-24-58-30(3)46-42-47-35-26-33(8-9-36(35)59-42)39-38-40(43)44-29-45-41(38)50(48-39)27-31-6-7-34-28-49(12-10-32(34)25-31)37(51)11-14-54-16-15-52-5-2/h6-9,25-26,29-30H,4-5,10-24,27-28H2,1-3H3,(H,46,47)(H2,43,44,45). The summed E-state index contributed by atoms with van der Waals surface area (Å²) in [7, 11) is 0. The molecule has 3 N–H and O–H groups in total. The molecule has 17 nitrogen and oxygen atoms in total. The number of fused-ring (bicyclic) bond motifs is 3. The van der Waals surface area contributed by atoms with Gasteiger partial charge >= 0.3 is 0 Å². The lowest BCUT2D eigenvalue weighted by atomic mass is 9.97. The average Bonchev–Trinajstić information content (AvgIpc) is 3.82. The van der Waals surface area contributed by atoms with Gasteiger partial charge in [0, 0.05) is 31.9 Å². The van der Waals surface area contributed by atoms with Gasteiger partial charge < -0.3 is 53.5 Å². The molecule has 1 atom stereocenters. The van der Waals surface area contributed by atoms with E-state index in [-0.39, 0.29) is 12.1 Å². The number of amides is 1. The van der Waals surface area contributed by atoms with Gasteiger partial charge in [0.25, 0.3) is 6.01 Å². The predicted octanol–water partition coefficient (Wildman–Crippen LogP) is 4.84. The third-order valence-electron chi connectivity index (χ3n) is 9.61. The number of rotatable bonds is 27. The maximum Gasteiger partial charge on any atom is 0.297 e. The second kappa shape index (κ2) is 23.1. The number of carbonyl (C=O) groups is 1. The van der Waals surface area contributed by atoms with Gasteiger partial charge in [-0.15, -0.1) is 0 Å². The van der Waals surface area contributed by atoms with Crippen molar-refractivity contribution >= 4 is 39.9 Å². The highest BCUT2D eigenvalue weighted by Gasteiger charge is 2.22. The zero-order valence-corrected chi connectivity index (χ0v) is 34.5. The average molecular weight is 819 g/mol. The fourth-order valence-electron chi connectivity index (χ4n) is 6.66. The molecule has 0 aliphatic carbocycles. The van der Waals surface area contributed by atoms with E-state index in [4.69, 9.17) is 48.4 Å². The van der Waals surface area contributed by atoms with Crippen molar-refractivity contribution in [2.45, 2.75) is 59.4 Å². The second-order valence-electron chi connectivity index (χ2n) is 14.0. The van der Waals surface area contributed by atoms with Crippen LogP contribution in [0.2, 0.25) is 0 Å². The number of nitrogen functional groups attached to an aromatic ring is 1. The van der Waals surface area contributed by atoms with Crippen molar-refractivity contribution in [3.05, 3.63) is 59.4 Å². The quantitative estimate of drug-likeness (QED) is 0.0540. The Morgan fingerprint density at radius 1 is 0.847 bits per heavy atom. The summed E-state index contributed by atoms with van der Waals surface area (Å²) in [5, 5.41) is 8.83. The molecule has 0 radical (unpaired) electrons. The highest BCUT2D eigenvalue weighted by atomic mass is 16.6. The Balaban J connectivity index is 0.991. The first-order valence-corrected chi connectivity index (χ1v) is 20.5. The molecule has 3 aromatic heterocycles. The van der Waals surface area contributed by atoms with E-state index in [1.54, 1.807) is 0 Å². The summed E-state index contributed by atoms with van der Waals surface area (Å²) in [6.45, 7) is 14.4. The first-order valence-electron chi connectivity index (χ1n) is 20.5. The van der Waals surface area contributed by atoms with Gasteiger partial charge in [0.1, 0.15) is 29.6 Å². The molecule has 5 aromatic rings. The summed E-state index contributed by atoms with van der Waals surface area (Å²) >= 11 is 0. The molecule has 0 saturated carbocycles. The van der Waals surface area contributed by atoms with Crippen LogP contribution in [0.1, 0.15) is 50.3 Å². The maximum atomic E-state index is 12.9. The summed E-state index contributed by atoms with van der Waals surface area (Å²) in [6, 6.07) is 12.4. The Morgan fingerprint density at radius 2 is 1.56 bits per heavy atom. The normalized spacial score (nSPS) is 13.4. The third kappa shape index (κ3) is 12.9. The van der Waals surface area contributed by atoms with Crippen LogP contribution in [0.4, 0.5) is 11.8 Å². The lowest BCUT2D eigenvalue weighted by molar-refractivity contribution is -0.133. The molecule has 59 heavy (non-hydrogen) atoms. The van der Waals surface area contributed by atoms with Crippen molar-refractivity contribution in [3.63, 3.8) is 0 Å². The van der Waals surface area contributed by atoms with Crippen LogP contribution in [-0.4, -0.2) is 134 Å². The van der Waals surface area contributed by atoms with Crippen molar-refractivity contribution in [2.75, 3.05) is 103 Å². The van der Waals surface area contributed by atoms with Gasteiger partial charge in [0.2, 0.25) is 5.91 Å². The molecule has 0 spiro atoms. The molecule has 4 heterocycles. The molecule has 0 saturated heterocycles. The summed E-state index contributed by atoms with van der Waals surface area (Å²) in [5.74, 6) is 0.437. The first kappa shape index (κ1) is 43.8. The number of anilines is 2. The largest absolute Gasteiger partial charge is 0.424 e. The number of nitrogens with two attached hydrogens (primary N) is 1. The molecule has 0 fully saturated rings. The molecular weight excluding hydrogens is 761 g/mol. The van der Waals surface area contributed by atoms with E-state index in [2.05, 4.69) is 45.4 Å². The summed E-state index contributed by atoms with van der Waals surface area (Å²) in [6.07, 6.45) is 3.22. The van der Waals surface area contributed by atoms with Gasteiger partial charge in [-0.25, -0.2) is 14.6 Å². The van der Waals surface area contributed by atoms with E-state index in [1.165, 1.54) is 11.9 Å². The molecule has 1 amide bonds. The van der Waals surface area contributed by atoms with Gasteiger partial charge in [-0.2, -0.15) is 10.1 Å². The molecule has 1 unspecified atom stereocenters.